The average Bonchev–Trinajstić information content (AvgIpc) is 3.17. The summed E-state index contributed by atoms with van der Waals surface area (Å²) in [7, 11) is 0. The normalized spacial score (nSPS) is 12.7. The molecule has 2 rings (SSSR count). The van der Waals surface area contributed by atoms with E-state index in [0.29, 0.717) is 57.4 Å². The van der Waals surface area contributed by atoms with Gasteiger partial charge in [-0.2, -0.15) is 0 Å². The van der Waals surface area contributed by atoms with Gasteiger partial charge in [-0.05, 0) is 109 Å². The van der Waals surface area contributed by atoms with Gasteiger partial charge in [0.1, 0.15) is 17.0 Å². The second-order valence-corrected chi connectivity index (χ2v) is 18.7. The number of ketones is 2. The molecule has 10 nitrogen and oxygen atoms in total. The number of carbonyl (C=O) groups is 5. The molecule has 338 valence electrons. The number of carbonyl (C=O) groups excluding carboxylic acids is 5. The number of rotatable bonds is 30. The topological polar surface area (TPSA) is 131 Å². The lowest BCUT2D eigenvalue weighted by Gasteiger charge is -2.23. The van der Waals surface area contributed by atoms with Crippen LogP contribution in [0.5, 0.6) is 0 Å². The van der Waals surface area contributed by atoms with E-state index in [2.05, 4.69) is 48.7 Å². The van der Waals surface area contributed by atoms with Crippen molar-refractivity contribution >= 4 is 40.4 Å². The molecular formula is C50H81N3O7. The molecule has 0 aliphatic heterocycles. The van der Waals surface area contributed by atoms with Gasteiger partial charge < -0.3 is 25.0 Å². The first-order valence-electron chi connectivity index (χ1n) is 23.2. The van der Waals surface area contributed by atoms with Crippen molar-refractivity contribution in [2.75, 3.05) is 19.6 Å². The predicted molar refractivity (Wildman–Crippen MR) is 244 cm³/mol. The van der Waals surface area contributed by atoms with Crippen molar-refractivity contribution < 1.29 is 33.4 Å². The molecule has 0 heterocycles. The van der Waals surface area contributed by atoms with E-state index in [1.54, 1.807) is 20.8 Å². The molecule has 3 amide bonds. The summed E-state index contributed by atoms with van der Waals surface area (Å²) in [5.74, 6) is 0.712. The van der Waals surface area contributed by atoms with E-state index in [0.717, 1.165) is 99.9 Å². The van der Waals surface area contributed by atoms with Crippen molar-refractivity contribution in [2.45, 2.75) is 201 Å². The Balaban J connectivity index is 1.84. The van der Waals surface area contributed by atoms with Gasteiger partial charge >= 0.3 is 12.2 Å². The van der Waals surface area contributed by atoms with Crippen LogP contribution in [-0.2, 0) is 30.3 Å². The molecule has 0 aliphatic rings. The summed E-state index contributed by atoms with van der Waals surface area (Å²) in [6.45, 7) is 16.9. The highest BCUT2D eigenvalue weighted by Gasteiger charge is 2.24. The second kappa shape index (κ2) is 28.6. The molecule has 0 unspecified atom stereocenters. The third-order valence-corrected chi connectivity index (χ3v) is 10.7. The fourth-order valence-corrected chi connectivity index (χ4v) is 7.37. The maximum absolute atomic E-state index is 13.8. The first-order valence-corrected chi connectivity index (χ1v) is 23.2. The summed E-state index contributed by atoms with van der Waals surface area (Å²) < 4.78 is 10.7. The molecule has 0 saturated heterocycles. The summed E-state index contributed by atoms with van der Waals surface area (Å²) in [4.78, 5) is 66.3. The van der Waals surface area contributed by atoms with Crippen molar-refractivity contribution in [2.24, 2.45) is 5.92 Å². The highest BCUT2D eigenvalue weighted by atomic mass is 16.6. The maximum Gasteiger partial charge on any atom is 0.408 e. The van der Waals surface area contributed by atoms with Crippen LogP contribution in [0, 0.1) is 5.92 Å². The number of ether oxygens (including phenoxy) is 2. The Hall–Kier alpha value is -3.95. The largest absolute Gasteiger partial charge is 0.444 e. The van der Waals surface area contributed by atoms with E-state index in [1.165, 1.54) is 12.8 Å². The van der Waals surface area contributed by atoms with Crippen LogP contribution in [0.2, 0.25) is 0 Å². The average molecular weight is 836 g/mol. The molecule has 0 bridgehead atoms. The second-order valence-electron chi connectivity index (χ2n) is 18.7. The number of nitrogens with one attached hydrogen (secondary N) is 2. The van der Waals surface area contributed by atoms with Crippen molar-refractivity contribution in [3.05, 3.63) is 48.0 Å². The van der Waals surface area contributed by atoms with Gasteiger partial charge in [0.05, 0.1) is 12.5 Å². The SMILES string of the molecule is CCCCC[C@H](C)C(=O)CCCCCCCN(CCCCCCCC(=O)[C@H](CCCCNC(=O)OC(C)(C)C)NC(=O)OC(C)(C)C)C(=O)Cc1cccc2ccccc12. The summed E-state index contributed by atoms with van der Waals surface area (Å²) in [6, 6.07) is 13.7. The van der Waals surface area contributed by atoms with E-state index in [4.69, 9.17) is 9.47 Å². The van der Waals surface area contributed by atoms with Gasteiger partial charge in [0.25, 0.3) is 0 Å². The number of Topliss-reactive ketones (excluding diaryl/α,β-unsaturated/α-hetero) is 2. The van der Waals surface area contributed by atoms with Gasteiger partial charge in [0, 0.05) is 38.4 Å². The van der Waals surface area contributed by atoms with Gasteiger partial charge in [-0.15, -0.1) is 0 Å². The molecule has 0 aliphatic carbocycles. The Morgan fingerprint density at radius 2 is 1.17 bits per heavy atom. The Kier molecular flexibility index (Phi) is 24.8. The van der Waals surface area contributed by atoms with Gasteiger partial charge in [-0.3, -0.25) is 14.4 Å². The molecule has 60 heavy (non-hydrogen) atoms. The van der Waals surface area contributed by atoms with Crippen LogP contribution in [0.4, 0.5) is 9.59 Å². The van der Waals surface area contributed by atoms with Crippen molar-refractivity contribution in [1.29, 1.82) is 0 Å². The molecule has 2 aromatic rings. The summed E-state index contributed by atoms with van der Waals surface area (Å²) in [5, 5.41) is 7.79. The molecule has 0 aromatic heterocycles. The highest BCUT2D eigenvalue weighted by Crippen LogP contribution is 2.21. The van der Waals surface area contributed by atoms with Gasteiger partial charge in [-0.25, -0.2) is 9.59 Å². The minimum Gasteiger partial charge on any atom is -0.444 e. The molecule has 0 radical (unpaired) electrons. The lowest BCUT2D eigenvalue weighted by Crippen LogP contribution is -2.43. The fraction of sp³-hybridized carbons (Fsp3) is 0.700. The molecule has 0 spiro atoms. The minimum absolute atomic E-state index is 0.0188. The monoisotopic (exact) mass is 836 g/mol. The van der Waals surface area contributed by atoms with E-state index in [-0.39, 0.29) is 17.6 Å². The molecule has 2 aromatic carbocycles. The molecule has 2 N–H and O–H groups in total. The summed E-state index contributed by atoms with van der Waals surface area (Å²) in [6.07, 6.45) is 16.0. The number of benzene rings is 2. The third kappa shape index (κ3) is 23.7. The zero-order chi connectivity index (χ0) is 44.4. The Labute approximate surface area is 363 Å². The van der Waals surface area contributed by atoms with Crippen LogP contribution in [0.25, 0.3) is 10.8 Å². The number of unbranched alkanes of at least 4 members (excludes halogenated alkanes) is 11. The number of hydrogen-bond acceptors (Lipinski definition) is 7. The lowest BCUT2D eigenvalue weighted by molar-refractivity contribution is -0.130. The minimum atomic E-state index is -0.681. The number of hydrogen-bond donors (Lipinski definition) is 2. The van der Waals surface area contributed by atoms with Crippen LogP contribution in [0.1, 0.15) is 183 Å². The van der Waals surface area contributed by atoms with Gasteiger partial charge in [0.2, 0.25) is 5.91 Å². The molecule has 10 heteroatoms. The maximum atomic E-state index is 13.8. The lowest BCUT2D eigenvalue weighted by atomic mass is 9.95. The van der Waals surface area contributed by atoms with Gasteiger partial charge in [-0.1, -0.05) is 114 Å². The Bertz CT molecular complexity index is 1570. The van der Waals surface area contributed by atoms with Crippen LogP contribution in [0.3, 0.4) is 0 Å². The van der Waals surface area contributed by atoms with Gasteiger partial charge in [0.15, 0.2) is 5.78 Å². The van der Waals surface area contributed by atoms with Crippen LogP contribution >= 0.6 is 0 Å². The Morgan fingerprint density at radius 1 is 0.617 bits per heavy atom. The Morgan fingerprint density at radius 3 is 1.80 bits per heavy atom. The zero-order valence-electron chi connectivity index (χ0n) is 38.8. The predicted octanol–water partition coefficient (Wildman–Crippen LogP) is 11.8. The third-order valence-electron chi connectivity index (χ3n) is 10.7. The van der Waals surface area contributed by atoms with Crippen LogP contribution in [0.15, 0.2) is 42.5 Å². The molecule has 0 fully saturated rings. The number of nitrogens with zero attached hydrogens (tertiary/aromatic N) is 1. The van der Waals surface area contributed by atoms with Crippen molar-refractivity contribution in [3.63, 3.8) is 0 Å². The molecule has 0 saturated carbocycles. The standard InChI is InChI=1S/C50H81N3O7/c1-9-10-17-27-39(2)44(54)33-18-13-11-15-24-36-53(46(56)38-41-30-26-29-40-28-20-21-31-42(40)41)37-25-16-12-14-19-34-45(55)43(52-48(58)60-50(6,7)8)32-22-23-35-51-47(57)59-49(3,4)5/h20-21,26,28-31,39,43H,9-19,22-25,27,32-38H2,1-8H3,(H,51,57)(H,52,58)/t39-,43-/m0/s1. The van der Waals surface area contributed by atoms with Crippen LogP contribution < -0.4 is 10.6 Å². The molecule has 2 atom stereocenters. The first kappa shape index (κ1) is 52.2. The molecular weight excluding hydrogens is 755 g/mol. The highest BCUT2D eigenvalue weighted by molar-refractivity contribution is 5.90. The van der Waals surface area contributed by atoms with E-state index >= 15 is 0 Å². The number of fused-ring (bicyclic) bond motifs is 1. The number of amides is 3. The number of alkyl carbamates (subject to hydrolysis) is 2. The van der Waals surface area contributed by atoms with E-state index < -0.39 is 29.4 Å². The van der Waals surface area contributed by atoms with E-state index in [9.17, 15) is 24.0 Å². The zero-order valence-corrected chi connectivity index (χ0v) is 38.8. The summed E-state index contributed by atoms with van der Waals surface area (Å²) in [5.41, 5.74) is -0.203. The van der Waals surface area contributed by atoms with Crippen LogP contribution in [-0.4, -0.2) is 71.4 Å². The smallest absolute Gasteiger partial charge is 0.408 e. The quantitative estimate of drug-likeness (QED) is 0.0749. The van der Waals surface area contributed by atoms with E-state index in [1.807, 2.05) is 43.9 Å². The summed E-state index contributed by atoms with van der Waals surface area (Å²) >= 11 is 0. The first-order chi connectivity index (χ1) is 28.5. The fourth-order valence-electron chi connectivity index (χ4n) is 7.37. The van der Waals surface area contributed by atoms with Crippen molar-refractivity contribution in [1.82, 2.24) is 15.5 Å². The van der Waals surface area contributed by atoms with Crippen molar-refractivity contribution in [3.8, 4) is 0 Å².